The molecule has 150 valence electrons. The van der Waals surface area contributed by atoms with Crippen LogP contribution in [0.15, 0.2) is 59.5 Å². The fourth-order valence-corrected chi connectivity index (χ4v) is 4.66. The molecule has 1 saturated heterocycles. The van der Waals surface area contributed by atoms with Gasteiger partial charge in [0.1, 0.15) is 11.5 Å². The summed E-state index contributed by atoms with van der Waals surface area (Å²) < 4.78 is 2.08. The summed E-state index contributed by atoms with van der Waals surface area (Å²) in [5.41, 5.74) is 5.65. The molecule has 0 aliphatic carbocycles. The van der Waals surface area contributed by atoms with Crippen LogP contribution in [-0.4, -0.2) is 51.2 Å². The van der Waals surface area contributed by atoms with Crippen LogP contribution in [0.1, 0.15) is 37.4 Å². The van der Waals surface area contributed by atoms with Crippen molar-refractivity contribution in [3.63, 3.8) is 0 Å². The Labute approximate surface area is 172 Å². The SMILES string of the molecule is CCCN1CCC(C2=CN3CC=C(c4ccc5nc(C)cn5c4)N=C3C=C2)CC1. The number of hydrogen-bond acceptors (Lipinski definition) is 4. The molecule has 0 unspecified atom stereocenters. The Morgan fingerprint density at radius 1 is 1.10 bits per heavy atom. The van der Waals surface area contributed by atoms with Crippen molar-refractivity contribution in [3.8, 4) is 0 Å². The number of likely N-dealkylation sites (tertiary alicyclic amines) is 1. The van der Waals surface area contributed by atoms with E-state index >= 15 is 0 Å². The van der Waals surface area contributed by atoms with Crippen LogP contribution in [0.5, 0.6) is 0 Å². The van der Waals surface area contributed by atoms with Gasteiger partial charge in [0.2, 0.25) is 0 Å². The van der Waals surface area contributed by atoms with E-state index in [0.29, 0.717) is 5.92 Å². The number of aliphatic imine (C=N–C) groups is 1. The third kappa shape index (κ3) is 3.67. The number of aryl methyl sites for hydroxylation is 1. The average Bonchev–Trinajstić information content (AvgIpc) is 3.13. The molecule has 5 rings (SSSR count). The number of pyridine rings is 1. The molecular weight excluding hydrogens is 358 g/mol. The summed E-state index contributed by atoms with van der Waals surface area (Å²) in [5.74, 6) is 1.72. The van der Waals surface area contributed by atoms with Gasteiger partial charge in [-0.3, -0.25) is 0 Å². The minimum atomic E-state index is 0.679. The molecule has 0 atom stereocenters. The van der Waals surface area contributed by atoms with Gasteiger partial charge >= 0.3 is 0 Å². The monoisotopic (exact) mass is 387 g/mol. The van der Waals surface area contributed by atoms with Crippen molar-refractivity contribution in [2.45, 2.75) is 33.1 Å². The van der Waals surface area contributed by atoms with Gasteiger partial charge in [-0.05, 0) is 81.6 Å². The smallest absolute Gasteiger partial charge is 0.136 e. The fraction of sp³-hybridized carbons (Fsp3) is 0.417. The molecule has 3 aliphatic rings. The average molecular weight is 388 g/mol. The third-order valence-corrected chi connectivity index (χ3v) is 6.21. The van der Waals surface area contributed by atoms with Gasteiger partial charge in [-0.2, -0.15) is 0 Å². The summed E-state index contributed by atoms with van der Waals surface area (Å²) in [5, 5.41) is 0. The number of nitrogens with zero attached hydrogens (tertiary/aromatic N) is 5. The maximum Gasteiger partial charge on any atom is 0.136 e. The highest BCUT2D eigenvalue weighted by Crippen LogP contribution is 2.30. The summed E-state index contributed by atoms with van der Waals surface area (Å²) in [4.78, 5) is 14.3. The highest BCUT2D eigenvalue weighted by atomic mass is 15.2. The second kappa shape index (κ2) is 7.64. The van der Waals surface area contributed by atoms with Crippen molar-refractivity contribution in [2.75, 3.05) is 26.2 Å². The molecule has 0 N–H and O–H groups in total. The molecule has 2 aromatic rings. The first-order chi connectivity index (χ1) is 14.2. The first kappa shape index (κ1) is 18.4. The number of imidazole rings is 1. The molecule has 0 spiro atoms. The van der Waals surface area contributed by atoms with Crippen molar-refractivity contribution in [3.05, 3.63) is 65.8 Å². The van der Waals surface area contributed by atoms with Gasteiger partial charge in [-0.1, -0.05) is 13.0 Å². The number of piperidine rings is 1. The molecule has 5 nitrogen and oxygen atoms in total. The van der Waals surface area contributed by atoms with Crippen molar-refractivity contribution in [2.24, 2.45) is 10.9 Å². The quantitative estimate of drug-likeness (QED) is 0.786. The minimum Gasteiger partial charge on any atom is -0.329 e. The molecule has 0 aromatic carbocycles. The van der Waals surface area contributed by atoms with Gasteiger partial charge in [0.05, 0.1) is 11.4 Å². The van der Waals surface area contributed by atoms with Gasteiger partial charge < -0.3 is 14.2 Å². The van der Waals surface area contributed by atoms with Crippen LogP contribution in [0.25, 0.3) is 11.3 Å². The van der Waals surface area contributed by atoms with E-state index in [9.17, 15) is 0 Å². The van der Waals surface area contributed by atoms with Crippen LogP contribution in [0, 0.1) is 12.8 Å². The Morgan fingerprint density at radius 2 is 1.97 bits per heavy atom. The van der Waals surface area contributed by atoms with Gasteiger partial charge in [0.25, 0.3) is 0 Å². The number of fused-ring (bicyclic) bond motifs is 2. The van der Waals surface area contributed by atoms with Crippen molar-refractivity contribution >= 4 is 17.2 Å². The van der Waals surface area contributed by atoms with Gasteiger partial charge in [-0.25, -0.2) is 9.98 Å². The van der Waals surface area contributed by atoms with Crippen LogP contribution < -0.4 is 0 Å². The molecule has 0 radical (unpaired) electrons. The Morgan fingerprint density at radius 3 is 2.79 bits per heavy atom. The first-order valence-electron chi connectivity index (χ1n) is 10.8. The summed E-state index contributed by atoms with van der Waals surface area (Å²) in [6, 6.07) is 4.18. The summed E-state index contributed by atoms with van der Waals surface area (Å²) in [6.07, 6.45) is 17.0. The number of amidine groups is 1. The minimum absolute atomic E-state index is 0.679. The number of allylic oxidation sites excluding steroid dienone is 2. The van der Waals surface area contributed by atoms with Gasteiger partial charge in [0, 0.05) is 30.7 Å². The van der Waals surface area contributed by atoms with Crippen LogP contribution in [0.3, 0.4) is 0 Å². The van der Waals surface area contributed by atoms with Crippen molar-refractivity contribution in [1.29, 1.82) is 0 Å². The van der Waals surface area contributed by atoms with Crippen LogP contribution in [0.2, 0.25) is 0 Å². The molecular formula is C24H29N5. The standard InChI is InChI=1S/C24H29N5/c1-3-11-27-12-8-19(9-13-27)20-4-6-24-26-22(10-14-28(24)16-20)21-5-7-23-25-18(2)15-29(23)17-21/h4-7,10,15-17,19H,3,8-9,11-14H2,1-2H3. The molecule has 0 saturated carbocycles. The third-order valence-electron chi connectivity index (χ3n) is 6.21. The number of aromatic nitrogens is 2. The highest BCUT2D eigenvalue weighted by Gasteiger charge is 2.24. The maximum atomic E-state index is 4.93. The van der Waals surface area contributed by atoms with E-state index in [1.807, 2.05) is 6.92 Å². The molecule has 2 aromatic heterocycles. The van der Waals surface area contributed by atoms with E-state index in [4.69, 9.17) is 4.99 Å². The van der Waals surface area contributed by atoms with Crippen LogP contribution in [-0.2, 0) is 0 Å². The highest BCUT2D eigenvalue weighted by molar-refractivity contribution is 6.00. The topological polar surface area (TPSA) is 36.1 Å². The van der Waals surface area contributed by atoms with Gasteiger partial charge in [0.15, 0.2) is 0 Å². The lowest BCUT2D eigenvalue weighted by atomic mass is 9.88. The van der Waals surface area contributed by atoms with Crippen LogP contribution in [0.4, 0.5) is 0 Å². The van der Waals surface area contributed by atoms with E-state index in [-0.39, 0.29) is 0 Å². The molecule has 1 fully saturated rings. The Hall–Kier alpha value is -2.66. The molecule has 5 heterocycles. The van der Waals surface area contributed by atoms with E-state index in [2.05, 4.69) is 75.1 Å². The lowest BCUT2D eigenvalue weighted by molar-refractivity contribution is 0.200. The molecule has 3 aliphatic heterocycles. The summed E-state index contributed by atoms with van der Waals surface area (Å²) in [6.45, 7) is 8.86. The predicted molar refractivity (Wildman–Crippen MR) is 119 cm³/mol. The Kier molecular flexibility index (Phi) is 4.84. The fourth-order valence-electron chi connectivity index (χ4n) is 4.66. The van der Waals surface area contributed by atoms with Crippen molar-refractivity contribution in [1.82, 2.24) is 19.2 Å². The largest absolute Gasteiger partial charge is 0.329 e. The molecule has 5 heteroatoms. The normalized spacial score (nSPS) is 20.5. The van der Waals surface area contributed by atoms with Crippen LogP contribution >= 0.6 is 0 Å². The first-order valence-corrected chi connectivity index (χ1v) is 10.8. The number of rotatable bonds is 4. The zero-order valence-corrected chi connectivity index (χ0v) is 17.4. The number of hydrogen-bond donors (Lipinski definition) is 0. The van der Waals surface area contributed by atoms with E-state index < -0.39 is 0 Å². The van der Waals surface area contributed by atoms with Crippen molar-refractivity contribution < 1.29 is 0 Å². The molecule has 0 bridgehead atoms. The lowest BCUT2D eigenvalue weighted by Crippen LogP contribution is -2.36. The van der Waals surface area contributed by atoms with E-state index in [1.54, 1.807) is 0 Å². The zero-order valence-electron chi connectivity index (χ0n) is 17.4. The second-order valence-corrected chi connectivity index (χ2v) is 8.36. The van der Waals surface area contributed by atoms with E-state index in [1.165, 1.54) is 44.5 Å². The Bertz CT molecular complexity index is 1030. The van der Waals surface area contributed by atoms with E-state index in [0.717, 1.165) is 35.0 Å². The maximum absolute atomic E-state index is 4.93. The lowest BCUT2D eigenvalue weighted by Gasteiger charge is -2.35. The second-order valence-electron chi connectivity index (χ2n) is 8.36. The summed E-state index contributed by atoms with van der Waals surface area (Å²) in [7, 11) is 0. The summed E-state index contributed by atoms with van der Waals surface area (Å²) >= 11 is 0. The Balaban J connectivity index is 1.30. The molecule has 0 amide bonds. The zero-order chi connectivity index (χ0) is 19.8. The van der Waals surface area contributed by atoms with Gasteiger partial charge in [-0.15, -0.1) is 0 Å². The predicted octanol–water partition coefficient (Wildman–Crippen LogP) is 4.27. The molecule has 29 heavy (non-hydrogen) atoms.